The van der Waals surface area contributed by atoms with Crippen LogP contribution >= 0.6 is 0 Å². The predicted molar refractivity (Wildman–Crippen MR) is 56.5 cm³/mol. The minimum atomic E-state index is 0.138. The maximum atomic E-state index is 11.6. The number of hydrogen-bond donors (Lipinski definition) is 0. The van der Waals surface area contributed by atoms with Gasteiger partial charge in [-0.1, -0.05) is 0 Å². The molecule has 1 rings (SSSR count). The third-order valence-corrected chi connectivity index (χ3v) is 2.94. The van der Waals surface area contributed by atoms with E-state index in [1.54, 1.807) is 14.0 Å². The molecule has 1 fully saturated rings. The van der Waals surface area contributed by atoms with Gasteiger partial charge in [-0.3, -0.25) is 9.59 Å². The predicted octanol–water partition coefficient (Wildman–Crippen LogP) is 0.851. The molecule has 0 bridgehead atoms. The number of ketones is 1. The highest BCUT2D eigenvalue weighted by Gasteiger charge is 2.24. The summed E-state index contributed by atoms with van der Waals surface area (Å²) >= 11 is 0. The fourth-order valence-electron chi connectivity index (χ4n) is 1.88. The topological polar surface area (TPSA) is 46.6 Å². The lowest BCUT2D eigenvalue weighted by molar-refractivity contribution is -0.135. The zero-order valence-electron chi connectivity index (χ0n) is 9.49. The monoisotopic (exact) mass is 213 g/mol. The van der Waals surface area contributed by atoms with Gasteiger partial charge in [-0.25, -0.2) is 0 Å². The Bertz CT molecular complexity index is 232. The van der Waals surface area contributed by atoms with Gasteiger partial charge in [0.25, 0.3) is 0 Å². The Hall–Kier alpha value is -0.900. The molecule has 0 N–H and O–H groups in total. The van der Waals surface area contributed by atoms with E-state index in [4.69, 9.17) is 4.74 Å². The molecule has 1 heterocycles. The third kappa shape index (κ3) is 3.63. The smallest absolute Gasteiger partial charge is 0.224 e. The molecule has 0 spiro atoms. The molecule has 1 aliphatic rings. The quantitative estimate of drug-likeness (QED) is 0.695. The summed E-state index contributed by atoms with van der Waals surface area (Å²) in [6, 6.07) is 0. The van der Waals surface area contributed by atoms with Crippen LogP contribution in [-0.4, -0.2) is 43.4 Å². The Labute approximate surface area is 90.6 Å². The lowest BCUT2D eigenvalue weighted by atomic mass is 9.93. The van der Waals surface area contributed by atoms with Crippen LogP contribution in [0.2, 0.25) is 0 Å². The highest BCUT2D eigenvalue weighted by molar-refractivity contribution is 5.79. The van der Waals surface area contributed by atoms with Crippen molar-refractivity contribution in [2.75, 3.05) is 26.8 Å². The van der Waals surface area contributed by atoms with E-state index in [1.807, 2.05) is 4.90 Å². The van der Waals surface area contributed by atoms with Crippen molar-refractivity contribution < 1.29 is 14.3 Å². The van der Waals surface area contributed by atoms with Crippen LogP contribution in [0.1, 0.15) is 26.2 Å². The second kappa shape index (κ2) is 5.85. The molecule has 0 atom stereocenters. The Morgan fingerprint density at radius 1 is 1.33 bits per heavy atom. The van der Waals surface area contributed by atoms with Crippen LogP contribution in [0.25, 0.3) is 0 Å². The van der Waals surface area contributed by atoms with Gasteiger partial charge in [-0.05, 0) is 19.8 Å². The average Bonchev–Trinajstić information content (AvgIpc) is 2.26. The van der Waals surface area contributed by atoms with Crippen molar-refractivity contribution in [2.45, 2.75) is 26.2 Å². The van der Waals surface area contributed by atoms with Crippen LogP contribution < -0.4 is 0 Å². The molecule has 1 saturated heterocycles. The number of likely N-dealkylation sites (tertiary alicyclic amines) is 1. The van der Waals surface area contributed by atoms with Gasteiger partial charge in [0.15, 0.2) is 0 Å². The number of carbonyl (C=O) groups is 2. The second-order valence-electron chi connectivity index (χ2n) is 4.01. The zero-order valence-corrected chi connectivity index (χ0v) is 9.49. The first kappa shape index (κ1) is 12.2. The van der Waals surface area contributed by atoms with Crippen LogP contribution in [0, 0.1) is 5.92 Å². The number of piperidine rings is 1. The van der Waals surface area contributed by atoms with Crippen LogP contribution in [0.5, 0.6) is 0 Å². The first-order valence-corrected chi connectivity index (χ1v) is 5.42. The van der Waals surface area contributed by atoms with Gasteiger partial charge in [0, 0.05) is 26.1 Å². The molecular weight excluding hydrogens is 194 g/mol. The normalized spacial score (nSPS) is 17.9. The fraction of sp³-hybridized carbons (Fsp3) is 0.818. The van der Waals surface area contributed by atoms with E-state index in [1.165, 1.54) is 0 Å². The van der Waals surface area contributed by atoms with Crippen molar-refractivity contribution in [1.29, 1.82) is 0 Å². The summed E-state index contributed by atoms with van der Waals surface area (Å²) in [6.45, 7) is 3.54. The summed E-state index contributed by atoms with van der Waals surface area (Å²) in [5.74, 6) is 0.550. The van der Waals surface area contributed by atoms with Crippen molar-refractivity contribution in [3.63, 3.8) is 0 Å². The zero-order chi connectivity index (χ0) is 11.3. The van der Waals surface area contributed by atoms with Gasteiger partial charge >= 0.3 is 0 Å². The van der Waals surface area contributed by atoms with Crippen LogP contribution in [-0.2, 0) is 14.3 Å². The third-order valence-electron chi connectivity index (χ3n) is 2.94. The summed E-state index contributed by atoms with van der Waals surface area (Å²) in [6.07, 6.45) is 2.07. The molecule has 86 valence electrons. The molecule has 1 amide bonds. The SMILES string of the molecule is COCCC(=O)N1CCC(C(C)=O)CC1. The second-order valence-corrected chi connectivity index (χ2v) is 4.01. The van der Waals surface area contributed by atoms with E-state index in [-0.39, 0.29) is 17.6 Å². The molecule has 0 aliphatic carbocycles. The molecule has 15 heavy (non-hydrogen) atoms. The average molecular weight is 213 g/mol. The van der Waals surface area contributed by atoms with Crippen molar-refractivity contribution in [3.8, 4) is 0 Å². The number of ether oxygens (including phenoxy) is 1. The summed E-state index contributed by atoms with van der Waals surface area (Å²) in [4.78, 5) is 24.6. The van der Waals surface area contributed by atoms with Crippen LogP contribution in [0.15, 0.2) is 0 Å². The van der Waals surface area contributed by atoms with E-state index in [0.29, 0.717) is 26.1 Å². The summed E-state index contributed by atoms with van der Waals surface area (Å²) < 4.78 is 4.86. The molecule has 0 aromatic carbocycles. The molecule has 0 aromatic rings. The number of Topliss-reactive ketones (excluding diaryl/α,β-unsaturated/α-hetero) is 1. The van der Waals surface area contributed by atoms with E-state index in [9.17, 15) is 9.59 Å². The molecular formula is C11H19NO3. The number of rotatable bonds is 4. The molecule has 0 saturated carbocycles. The van der Waals surface area contributed by atoms with Crippen molar-refractivity contribution in [2.24, 2.45) is 5.92 Å². The largest absolute Gasteiger partial charge is 0.384 e. The molecule has 0 radical (unpaired) electrons. The number of amides is 1. The number of hydrogen-bond acceptors (Lipinski definition) is 3. The van der Waals surface area contributed by atoms with Gasteiger partial charge in [0.1, 0.15) is 5.78 Å². The highest BCUT2D eigenvalue weighted by Crippen LogP contribution is 2.18. The van der Waals surface area contributed by atoms with Crippen molar-refractivity contribution >= 4 is 11.7 Å². The molecule has 4 nitrogen and oxygen atoms in total. The lowest BCUT2D eigenvalue weighted by Crippen LogP contribution is -2.40. The maximum absolute atomic E-state index is 11.6. The Morgan fingerprint density at radius 2 is 1.93 bits per heavy atom. The van der Waals surface area contributed by atoms with E-state index in [0.717, 1.165) is 12.8 Å². The molecule has 1 aliphatic heterocycles. The van der Waals surface area contributed by atoms with Crippen LogP contribution in [0.3, 0.4) is 0 Å². The first-order valence-electron chi connectivity index (χ1n) is 5.42. The van der Waals surface area contributed by atoms with Gasteiger partial charge in [0.2, 0.25) is 5.91 Å². The number of carbonyl (C=O) groups excluding carboxylic acids is 2. The van der Waals surface area contributed by atoms with Gasteiger partial charge in [0.05, 0.1) is 13.0 Å². The van der Waals surface area contributed by atoms with E-state index >= 15 is 0 Å². The van der Waals surface area contributed by atoms with Gasteiger partial charge < -0.3 is 9.64 Å². The Balaban J connectivity index is 2.30. The lowest BCUT2D eigenvalue weighted by Gasteiger charge is -2.30. The molecule has 4 heteroatoms. The van der Waals surface area contributed by atoms with Crippen LogP contribution in [0.4, 0.5) is 0 Å². The summed E-state index contributed by atoms with van der Waals surface area (Å²) in [7, 11) is 1.59. The van der Waals surface area contributed by atoms with E-state index < -0.39 is 0 Å². The standard InChI is InChI=1S/C11H19NO3/c1-9(13)10-3-6-12(7-4-10)11(14)5-8-15-2/h10H,3-8H2,1-2H3. The Kier molecular flexibility index (Phi) is 4.75. The van der Waals surface area contributed by atoms with Gasteiger partial charge in [-0.15, -0.1) is 0 Å². The van der Waals surface area contributed by atoms with Crippen molar-refractivity contribution in [3.05, 3.63) is 0 Å². The molecule has 0 unspecified atom stereocenters. The highest BCUT2D eigenvalue weighted by atomic mass is 16.5. The summed E-state index contributed by atoms with van der Waals surface area (Å²) in [5.41, 5.74) is 0. The number of nitrogens with zero attached hydrogens (tertiary/aromatic N) is 1. The van der Waals surface area contributed by atoms with Crippen molar-refractivity contribution in [1.82, 2.24) is 4.90 Å². The number of methoxy groups -OCH3 is 1. The fourth-order valence-corrected chi connectivity index (χ4v) is 1.88. The first-order chi connectivity index (χ1) is 7.15. The molecule has 0 aromatic heterocycles. The summed E-state index contributed by atoms with van der Waals surface area (Å²) in [5, 5.41) is 0. The van der Waals surface area contributed by atoms with Gasteiger partial charge in [-0.2, -0.15) is 0 Å². The maximum Gasteiger partial charge on any atom is 0.224 e. The minimum Gasteiger partial charge on any atom is -0.384 e. The van der Waals surface area contributed by atoms with E-state index in [2.05, 4.69) is 0 Å². The Morgan fingerprint density at radius 3 is 2.40 bits per heavy atom. The minimum absolute atomic E-state index is 0.138.